The number of rotatable bonds is 9. The van der Waals surface area contributed by atoms with Crippen molar-refractivity contribution in [2.45, 2.75) is 13.5 Å². The summed E-state index contributed by atoms with van der Waals surface area (Å²) in [5, 5.41) is 25.0. The van der Waals surface area contributed by atoms with Crippen molar-refractivity contribution in [2.24, 2.45) is 5.10 Å². The van der Waals surface area contributed by atoms with E-state index in [-0.39, 0.29) is 12.4 Å². The number of hydrazone groups is 1. The van der Waals surface area contributed by atoms with Crippen LogP contribution in [0.4, 0.5) is 5.69 Å². The fraction of sp³-hybridized carbons (Fsp3) is 0.278. The molecule has 0 aliphatic rings. The summed E-state index contributed by atoms with van der Waals surface area (Å²) >= 11 is 0. The number of phenols is 1. The highest BCUT2D eigenvalue weighted by Gasteiger charge is 2.19. The van der Waals surface area contributed by atoms with Gasteiger partial charge in [-0.2, -0.15) is 5.10 Å². The molecule has 0 radical (unpaired) electrons. The molecule has 0 heterocycles. The van der Waals surface area contributed by atoms with E-state index >= 15 is 0 Å². The van der Waals surface area contributed by atoms with E-state index in [1.165, 1.54) is 18.3 Å². The molecule has 2 aromatic carbocycles. The summed E-state index contributed by atoms with van der Waals surface area (Å²) in [5.74, 6) is 0.770. The highest BCUT2D eigenvalue weighted by atomic mass is 16.6. The highest BCUT2D eigenvalue weighted by Crippen LogP contribution is 2.36. The molecule has 0 bridgehead atoms. The van der Waals surface area contributed by atoms with Crippen LogP contribution in [0.2, 0.25) is 0 Å². The van der Waals surface area contributed by atoms with Crippen LogP contribution < -0.4 is 19.6 Å². The Balaban J connectivity index is 2.11. The zero-order chi connectivity index (χ0) is 19.8. The highest BCUT2D eigenvalue weighted by molar-refractivity contribution is 5.83. The van der Waals surface area contributed by atoms with Crippen molar-refractivity contribution in [1.82, 2.24) is 5.43 Å². The van der Waals surface area contributed by atoms with Gasteiger partial charge in [-0.25, -0.2) is 0 Å². The van der Waals surface area contributed by atoms with Crippen LogP contribution in [0.3, 0.4) is 0 Å². The Kier molecular flexibility index (Phi) is 6.81. The lowest BCUT2D eigenvalue weighted by Crippen LogP contribution is -2.06. The topological polar surface area (TPSA) is 115 Å². The molecule has 0 spiro atoms. The zero-order valence-corrected chi connectivity index (χ0v) is 15.3. The lowest BCUT2D eigenvalue weighted by atomic mass is 10.2. The summed E-state index contributed by atoms with van der Waals surface area (Å²) in [5.41, 5.74) is 3.74. The first-order chi connectivity index (χ1) is 13.0. The summed E-state index contributed by atoms with van der Waals surface area (Å²) in [6.45, 7) is 2.40. The van der Waals surface area contributed by atoms with E-state index in [0.717, 1.165) is 5.56 Å². The average Bonchev–Trinajstić information content (AvgIpc) is 2.67. The molecule has 9 heteroatoms. The summed E-state index contributed by atoms with van der Waals surface area (Å²) in [4.78, 5) is 10.4. The molecule has 0 saturated carbocycles. The van der Waals surface area contributed by atoms with E-state index in [1.54, 1.807) is 27.2 Å². The fourth-order valence-corrected chi connectivity index (χ4v) is 2.34. The predicted octanol–water partition coefficient (Wildman–Crippen LogP) is 2.84. The SMILES string of the molecule is CCOc1cc(/C=N/NCc2ccc(OC)c(OC)c2)cc([N+](=O)[O-])c1O. The molecule has 0 aromatic heterocycles. The second-order valence-electron chi connectivity index (χ2n) is 5.36. The van der Waals surface area contributed by atoms with Crippen molar-refractivity contribution < 1.29 is 24.2 Å². The van der Waals surface area contributed by atoms with Gasteiger partial charge in [0, 0.05) is 11.6 Å². The minimum Gasteiger partial charge on any atom is -0.500 e. The van der Waals surface area contributed by atoms with E-state index in [0.29, 0.717) is 23.6 Å². The van der Waals surface area contributed by atoms with E-state index in [9.17, 15) is 15.2 Å². The Morgan fingerprint density at radius 1 is 1.19 bits per heavy atom. The smallest absolute Gasteiger partial charge is 0.315 e. The van der Waals surface area contributed by atoms with Crippen LogP contribution >= 0.6 is 0 Å². The fourth-order valence-electron chi connectivity index (χ4n) is 2.34. The van der Waals surface area contributed by atoms with Crippen molar-refractivity contribution in [3.05, 3.63) is 51.6 Å². The van der Waals surface area contributed by atoms with Gasteiger partial charge >= 0.3 is 5.69 Å². The predicted molar refractivity (Wildman–Crippen MR) is 99.9 cm³/mol. The largest absolute Gasteiger partial charge is 0.500 e. The van der Waals surface area contributed by atoms with Crippen molar-refractivity contribution in [2.75, 3.05) is 20.8 Å². The molecule has 0 aliphatic carbocycles. The quantitative estimate of drug-likeness (QED) is 0.393. The normalized spacial score (nSPS) is 10.6. The number of nitro groups is 1. The van der Waals surface area contributed by atoms with E-state index < -0.39 is 16.4 Å². The van der Waals surface area contributed by atoms with Crippen molar-refractivity contribution in [3.63, 3.8) is 0 Å². The first kappa shape index (κ1) is 19.8. The molecule has 0 amide bonds. The zero-order valence-electron chi connectivity index (χ0n) is 15.3. The molecule has 9 nitrogen and oxygen atoms in total. The Morgan fingerprint density at radius 2 is 1.93 bits per heavy atom. The van der Waals surface area contributed by atoms with Gasteiger partial charge in [0.15, 0.2) is 17.2 Å². The molecule has 0 unspecified atom stereocenters. The van der Waals surface area contributed by atoms with Crippen molar-refractivity contribution >= 4 is 11.9 Å². The lowest BCUT2D eigenvalue weighted by molar-refractivity contribution is -0.386. The lowest BCUT2D eigenvalue weighted by Gasteiger charge is -2.09. The molecule has 144 valence electrons. The molecule has 0 fully saturated rings. The van der Waals surface area contributed by atoms with Gasteiger partial charge < -0.3 is 24.7 Å². The Bertz CT molecular complexity index is 838. The van der Waals surface area contributed by atoms with Crippen LogP contribution in [0.25, 0.3) is 0 Å². The molecule has 0 aliphatic heterocycles. The third-order valence-electron chi connectivity index (χ3n) is 3.61. The van der Waals surface area contributed by atoms with E-state index in [4.69, 9.17) is 14.2 Å². The van der Waals surface area contributed by atoms with Gasteiger partial charge in [0.2, 0.25) is 5.75 Å². The van der Waals surface area contributed by atoms with Gasteiger partial charge in [-0.3, -0.25) is 10.1 Å². The van der Waals surface area contributed by atoms with Crippen LogP contribution in [0.15, 0.2) is 35.4 Å². The molecule has 2 N–H and O–H groups in total. The first-order valence-electron chi connectivity index (χ1n) is 8.11. The Morgan fingerprint density at radius 3 is 2.56 bits per heavy atom. The second kappa shape index (κ2) is 9.27. The molecule has 0 atom stereocenters. The number of hydrogen-bond acceptors (Lipinski definition) is 8. The minimum absolute atomic E-state index is 0.0352. The number of phenolic OH excluding ortho intramolecular Hbond substituents is 1. The van der Waals surface area contributed by atoms with Crippen LogP contribution in [0.1, 0.15) is 18.1 Å². The van der Waals surface area contributed by atoms with Gasteiger partial charge in [-0.15, -0.1) is 0 Å². The number of hydrogen-bond donors (Lipinski definition) is 2. The number of ether oxygens (including phenoxy) is 3. The maximum absolute atomic E-state index is 11.1. The number of nitrogens with zero attached hydrogens (tertiary/aromatic N) is 2. The van der Waals surface area contributed by atoms with E-state index in [1.807, 2.05) is 12.1 Å². The maximum Gasteiger partial charge on any atom is 0.315 e. The number of benzene rings is 2. The van der Waals surface area contributed by atoms with Crippen LogP contribution in [-0.2, 0) is 6.54 Å². The van der Waals surface area contributed by atoms with E-state index in [2.05, 4.69) is 10.5 Å². The molecular weight excluding hydrogens is 354 g/mol. The molecule has 27 heavy (non-hydrogen) atoms. The minimum atomic E-state index is -0.674. The Labute approximate surface area is 156 Å². The summed E-state index contributed by atoms with van der Waals surface area (Å²) < 4.78 is 15.7. The number of aromatic hydroxyl groups is 1. The third kappa shape index (κ3) is 5.00. The number of nitrogens with one attached hydrogen (secondary N) is 1. The third-order valence-corrected chi connectivity index (χ3v) is 3.61. The number of methoxy groups -OCH3 is 2. The van der Waals surface area contributed by atoms with Crippen LogP contribution in [0, 0.1) is 10.1 Å². The standard InChI is InChI=1S/C18H21N3O6/c1-4-27-17-9-13(7-14(18(17)22)21(23)24)11-20-19-10-12-5-6-15(25-2)16(8-12)26-3/h5-9,11,19,22H,4,10H2,1-3H3/b20-11+. The monoisotopic (exact) mass is 375 g/mol. The first-order valence-corrected chi connectivity index (χ1v) is 8.11. The summed E-state index contributed by atoms with van der Waals surface area (Å²) in [6.07, 6.45) is 1.41. The Hall–Kier alpha value is -3.49. The second-order valence-corrected chi connectivity index (χ2v) is 5.36. The summed E-state index contributed by atoms with van der Waals surface area (Å²) in [7, 11) is 3.12. The number of nitro benzene ring substituents is 1. The molecular formula is C18H21N3O6. The maximum atomic E-state index is 11.1. The van der Waals surface area contributed by atoms with Gasteiger partial charge in [-0.1, -0.05) is 6.07 Å². The summed E-state index contributed by atoms with van der Waals surface area (Å²) in [6, 6.07) is 8.17. The van der Waals surface area contributed by atoms with Gasteiger partial charge in [-0.05, 0) is 30.7 Å². The van der Waals surface area contributed by atoms with Crippen molar-refractivity contribution in [1.29, 1.82) is 0 Å². The van der Waals surface area contributed by atoms with Gasteiger partial charge in [0.25, 0.3) is 0 Å². The average molecular weight is 375 g/mol. The van der Waals surface area contributed by atoms with Gasteiger partial charge in [0.05, 0.1) is 38.5 Å². The molecule has 2 aromatic rings. The molecule has 0 saturated heterocycles. The van der Waals surface area contributed by atoms with Gasteiger partial charge in [0.1, 0.15) is 0 Å². The molecule has 2 rings (SSSR count). The van der Waals surface area contributed by atoms with Crippen LogP contribution in [0.5, 0.6) is 23.0 Å². The van der Waals surface area contributed by atoms with Crippen LogP contribution in [-0.4, -0.2) is 37.1 Å². The van der Waals surface area contributed by atoms with Crippen molar-refractivity contribution in [3.8, 4) is 23.0 Å².